The summed E-state index contributed by atoms with van der Waals surface area (Å²) < 4.78 is 6.54. The Morgan fingerprint density at radius 1 is 1.20 bits per heavy atom. The molecular weight excluding hydrogens is 658 g/mol. The molecule has 41 heavy (non-hydrogen) atoms. The molecule has 0 bridgehead atoms. The first-order valence-electron chi connectivity index (χ1n) is 13.1. The number of amides is 4. The fraction of sp³-hybridized carbons (Fsp3) is 0.379. The number of urea groups is 1. The molecular formula is C29H31Br2N5O5. The first-order chi connectivity index (χ1) is 19.6. The second-order valence-electron chi connectivity index (χ2n) is 10.0. The Labute approximate surface area is 255 Å². The number of benzene rings is 2. The fourth-order valence-corrected chi connectivity index (χ4v) is 6.02. The van der Waals surface area contributed by atoms with Crippen molar-refractivity contribution in [2.24, 2.45) is 4.99 Å². The van der Waals surface area contributed by atoms with Crippen LogP contribution in [0.5, 0.6) is 5.75 Å². The number of nitrogens with one attached hydrogen (secondary N) is 1. The van der Waals surface area contributed by atoms with E-state index in [0.29, 0.717) is 47.0 Å². The molecule has 4 rings (SSSR count). The molecule has 2 aromatic carbocycles. The molecule has 216 valence electrons. The summed E-state index contributed by atoms with van der Waals surface area (Å²) in [5, 5.41) is 13.0. The maximum absolute atomic E-state index is 13.2. The summed E-state index contributed by atoms with van der Waals surface area (Å²) >= 11 is 6.58. The standard InChI is InChI=1S/C29H31Br2N5O5/c1-34(2)12-5-11-32-27(38)25(18-19-16-22(30)26(37)23(31)17-19)41-29(40)35-13-9-21(10-14-35)36-15-8-20-6-3-4-7-24(20)33-28(36)39/h3-4,6-7,12,16-17,21,25,37H,8-10,13-15,18H2,1-2H3,(H,33,39)/t25-/m1/s1. The number of anilines is 1. The zero-order valence-electron chi connectivity index (χ0n) is 22.8. The van der Waals surface area contributed by atoms with Crippen molar-refractivity contribution in [3.05, 3.63) is 68.4 Å². The number of carbonyl (C=O) groups excluding carboxylic acids is 3. The fourth-order valence-electron chi connectivity index (χ4n) is 4.74. The summed E-state index contributed by atoms with van der Waals surface area (Å²) in [7, 11) is 3.59. The van der Waals surface area contributed by atoms with Crippen LogP contribution in [0.4, 0.5) is 15.3 Å². The van der Waals surface area contributed by atoms with Crippen molar-refractivity contribution in [3.63, 3.8) is 0 Å². The van der Waals surface area contributed by atoms with Crippen LogP contribution in [0, 0.1) is 0 Å². The van der Waals surface area contributed by atoms with Gasteiger partial charge in [0.15, 0.2) is 6.10 Å². The Morgan fingerprint density at radius 3 is 2.56 bits per heavy atom. The number of phenols is 1. The number of piperidine rings is 1. The van der Waals surface area contributed by atoms with Crippen molar-refractivity contribution in [2.75, 3.05) is 39.0 Å². The van der Waals surface area contributed by atoms with E-state index < -0.39 is 18.1 Å². The van der Waals surface area contributed by atoms with Crippen LogP contribution >= 0.6 is 31.9 Å². The molecule has 2 aromatic rings. The summed E-state index contributed by atoms with van der Waals surface area (Å²) in [6.45, 7) is 1.36. The number of ether oxygens (including phenoxy) is 1. The smallest absolute Gasteiger partial charge is 0.410 e. The Bertz CT molecular complexity index is 1390. The van der Waals surface area contributed by atoms with Crippen LogP contribution in [-0.2, 0) is 22.4 Å². The number of fused-ring (bicyclic) bond motifs is 1. The van der Waals surface area contributed by atoms with E-state index in [9.17, 15) is 19.5 Å². The minimum absolute atomic E-state index is 0.0179. The number of rotatable bonds is 6. The summed E-state index contributed by atoms with van der Waals surface area (Å²) in [6, 6.07) is 10.9. The molecule has 10 nitrogen and oxygen atoms in total. The van der Waals surface area contributed by atoms with E-state index in [4.69, 9.17) is 4.74 Å². The minimum atomic E-state index is -1.22. The molecule has 2 aliphatic heterocycles. The number of aliphatic imine (C=N–C) groups is 1. The number of carbonyl (C=O) groups is 3. The lowest BCUT2D eigenvalue weighted by atomic mass is 10.0. The van der Waals surface area contributed by atoms with Gasteiger partial charge in [0.25, 0.3) is 5.91 Å². The van der Waals surface area contributed by atoms with Crippen molar-refractivity contribution in [1.82, 2.24) is 14.7 Å². The number of phenolic OH excluding ortho intramolecular Hbond substituents is 1. The number of hydrogen-bond donors (Lipinski definition) is 2. The van der Waals surface area contributed by atoms with Crippen molar-refractivity contribution in [1.29, 1.82) is 0 Å². The molecule has 0 aliphatic carbocycles. The van der Waals surface area contributed by atoms with Crippen LogP contribution in [0.2, 0.25) is 0 Å². The van der Waals surface area contributed by atoms with Gasteiger partial charge in [-0.3, -0.25) is 4.79 Å². The summed E-state index contributed by atoms with van der Waals surface area (Å²) in [5.74, 6) is 1.78. The summed E-state index contributed by atoms with van der Waals surface area (Å²) in [5.41, 5.74) is 5.23. The molecule has 12 heteroatoms. The number of likely N-dealkylation sites (tertiary alicyclic amines) is 1. The van der Waals surface area contributed by atoms with E-state index in [1.807, 2.05) is 29.2 Å². The van der Waals surface area contributed by atoms with Crippen LogP contribution in [0.25, 0.3) is 0 Å². The molecule has 1 fully saturated rings. The van der Waals surface area contributed by atoms with Gasteiger partial charge in [-0.1, -0.05) is 18.2 Å². The van der Waals surface area contributed by atoms with E-state index >= 15 is 0 Å². The van der Waals surface area contributed by atoms with Crippen molar-refractivity contribution in [2.45, 2.75) is 37.8 Å². The van der Waals surface area contributed by atoms with E-state index in [2.05, 4.69) is 53.8 Å². The topological polar surface area (TPSA) is 115 Å². The highest BCUT2D eigenvalue weighted by atomic mass is 79.9. The SMILES string of the molecule is CN(C)C=C=C=NC(=O)[C@@H](Cc1cc(Br)c(O)c(Br)c1)OC(=O)N1CCC(N2CCc3ccccc3NC2=O)CC1. The van der Waals surface area contributed by atoms with Gasteiger partial charge in [0.05, 0.1) is 15.1 Å². The molecule has 1 atom stereocenters. The van der Waals surface area contributed by atoms with Crippen LogP contribution < -0.4 is 5.32 Å². The highest BCUT2D eigenvalue weighted by Crippen LogP contribution is 2.34. The van der Waals surface area contributed by atoms with Crippen LogP contribution in [-0.4, -0.2) is 89.6 Å². The van der Waals surface area contributed by atoms with E-state index in [-0.39, 0.29) is 24.2 Å². The number of nitrogens with zero attached hydrogens (tertiary/aromatic N) is 4. The largest absolute Gasteiger partial charge is 0.506 e. The molecule has 2 aliphatic rings. The van der Waals surface area contributed by atoms with E-state index in [1.54, 1.807) is 42.2 Å². The first kappa shape index (κ1) is 30.4. The van der Waals surface area contributed by atoms with Crippen molar-refractivity contribution in [3.8, 4) is 5.75 Å². The number of hydrogen-bond acceptors (Lipinski definition) is 6. The Hall–Kier alpha value is -3.56. The van der Waals surface area contributed by atoms with Gasteiger partial charge in [-0.2, -0.15) is 4.99 Å². The predicted molar refractivity (Wildman–Crippen MR) is 162 cm³/mol. The average molecular weight is 689 g/mol. The Balaban J connectivity index is 1.42. The van der Waals surface area contributed by atoms with Gasteiger partial charge in [0, 0.05) is 57.7 Å². The van der Waals surface area contributed by atoms with E-state index in [0.717, 1.165) is 17.7 Å². The minimum Gasteiger partial charge on any atom is -0.506 e. The highest BCUT2D eigenvalue weighted by Gasteiger charge is 2.33. The van der Waals surface area contributed by atoms with Crippen LogP contribution in [0.1, 0.15) is 24.0 Å². The van der Waals surface area contributed by atoms with Crippen LogP contribution in [0.3, 0.4) is 0 Å². The predicted octanol–water partition coefficient (Wildman–Crippen LogP) is 4.95. The molecule has 4 amide bonds. The summed E-state index contributed by atoms with van der Waals surface area (Å²) in [6.07, 6.45) is 1.68. The quantitative estimate of drug-likeness (QED) is 0.328. The van der Waals surface area contributed by atoms with Crippen LogP contribution in [0.15, 0.2) is 62.3 Å². The molecule has 2 heterocycles. The third-order valence-electron chi connectivity index (χ3n) is 6.88. The molecule has 0 saturated carbocycles. The number of halogens is 2. The molecule has 0 radical (unpaired) electrons. The Morgan fingerprint density at radius 2 is 1.88 bits per heavy atom. The van der Waals surface area contributed by atoms with Gasteiger partial charge in [-0.15, -0.1) is 0 Å². The molecule has 2 N–H and O–H groups in total. The molecule has 0 unspecified atom stereocenters. The molecule has 1 saturated heterocycles. The zero-order chi connectivity index (χ0) is 29.5. The van der Waals surface area contributed by atoms with Gasteiger partial charge in [-0.25, -0.2) is 9.59 Å². The van der Waals surface area contributed by atoms with Gasteiger partial charge in [0.2, 0.25) is 0 Å². The lowest BCUT2D eigenvalue weighted by Crippen LogP contribution is -2.50. The van der Waals surface area contributed by atoms with Gasteiger partial charge < -0.3 is 29.9 Å². The lowest BCUT2D eigenvalue weighted by molar-refractivity contribution is -0.126. The monoisotopic (exact) mass is 687 g/mol. The summed E-state index contributed by atoms with van der Waals surface area (Å²) in [4.78, 5) is 47.9. The normalized spacial score (nSPS) is 15.9. The average Bonchev–Trinajstić information content (AvgIpc) is 3.11. The third kappa shape index (κ3) is 8.01. The Kier molecular flexibility index (Phi) is 10.3. The maximum atomic E-state index is 13.2. The number of aromatic hydroxyl groups is 1. The molecule has 0 spiro atoms. The second-order valence-corrected chi connectivity index (χ2v) is 11.7. The first-order valence-corrected chi connectivity index (χ1v) is 14.7. The van der Waals surface area contributed by atoms with E-state index in [1.165, 1.54) is 0 Å². The third-order valence-corrected chi connectivity index (χ3v) is 8.08. The highest BCUT2D eigenvalue weighted by molar-refractivity contribution is 9.11. The molecule has 0 aromatic heterocycles. The second kappa shape index (κ2) is 13.9. The van der Waals surface area contributed by atoms with Crippen molar-refractivity contribution < 1.29 is 24.2 Å². The number of para-hydroxylation sites is 1. The van der Waals surface area contributed by atoms with Gasteiger partial charge >= 0.3 is 12.1 Å². The van der Waals surface area contributed by atoms with Gasteiger partial charge in [-0.05, 0) is 86.2 Å². The zero-order valence-corrected chi connectivity index (χ0v) is 25.9. The van der Waals surface area contributed by atoms with Crippen molar-refractivity contribution >= 4 is 61.4 Å². The maximum Gasteiger partial charge on any atom is 0.410 e. The lowest BCUT2D eigenvalue weighted by Gasteiger charge is -2.37. The van der Waals surface area contributed by atoms with Gasteiger partial charge in [0.1, 0.15) is 5.75 Å².